The van der Waals surface area contributed by atoms with Gasteiger partial charge in [0.2, 0.25) is 10.0 Å². The highest BCUT2D eigenvalue weighted by atomic mass is 32.2. The Morgan fingerprint density at radius 3 is 2.70 bits per heavy atom. The van der Waals surface area contributed by atoms with Gasteiger partial charge in [-0.2, -0.15) is 4.31 Å². The van der Waals surface area contributed by atoms with Crippen LogP contribution in [0.1, 0.15) is 28.2 Å². The van der Waals surface area contributed by atoms with Crippen molar-refractivity contribution < 1.29 is 13.2 Å². The summed E-state index contributed by atoms with van der Waals surface area (Å²) < 4.78 is 26.8. The Kier molecular flexibility index (Phi) is 4.47. The van der Waals surface area contributed by atoms with Crippen molar-refractivity contribution >= 4 is 33.1 Å². The van der Waals surface area contributed by atoms with Gasteiger partial charge in [0, 0.05) is 18.8 Å². The molecule has 0 aliphatic carbocycles. The van der Waals surface area contributed by atoms with Gasteiger partial charge in [-0.1, -0.05) is 6.07 Å². The van der Waals surface area contributed by atoms with Crippen molar-refractivity contribution in [3.63, 3.8) is 0 Å². The fourth-order valence-electron chi connectivity index (χ4n) is 2.52. The maximum Gasteiger partial charge on any atom is 0.268 e. The van der Waals surface area contributed by atoms with Crippen LogP contribution in [0.5, 0.6) is 0 Å². The lowest BCUT2D eigenvalue weighted by Crippen LogP contribution is -2.29. The Balaban J connectivity index is 1.87. The number of thiophene rings is 1. The number of hydrogen-bond acceptors (Lipinski definition) is 5. The minimum absolute atomic E-state index is 0.0783. The molecule has 122 valence electrons. The van der Waals surface area contributed by atoms with E-state index in [9.17, 15) is 13.2 Å². The molecule has 23 heavy (non-hydrogen) atoms. The topological polar surface area (TPSA) is 79.4 Å². The zero-order chi connectivity index (χ0) is 16.4. The number of carbonyl (C=O) groups excluding carboxylic acids is 1. The number of sulfonamides is 1. The van der Waals surface area contributed by atoms with Gasteiger partial charge in [-0.05, 0) is 43.3 Å². The fourth-order valence-corrected chi connectivity index (χ4v) is 5.33. The quantitative estimate of drug-likeness (QED) is 0.918. The molecule has 3 heterocycles. The van der Waals surface area contributed by atoms with Crippen LogP contribution >= 0.6 is 11.3 Å². The lowest BCUT2D eigenvalue weighted by atomic mass is 10.3. The molecule has 0 atom stereocenters. The SMILES string of the molecule is Cc1cccc(NC(=O)c2sccc2S(=O)(=O)N2CCCC2)n1. The number of amides is 1. The minimum atomic E-state index is -3.61. The maximum atomic E-state index is 12.7. The van der Waals surface area contributed by atoms with Crippen molar-refractivity contribution in [2.24, 2.45) is 0 Å². The number of aromatic nitrogens is 1. The molecule has 0 saturated carbocycles. The van der Waals surface area contributed by atoms with E-state index >= 15 is 0 Å². The third kappa shape index (κ3) is 3.29. The minimum Gasteiger partial charge on any atom is -0.306 e. The fraction of sp³-hybridized carbons (Fsp3) is 0.333. The third-order valence-corrected chi connectivity index (χ3v) is 6.63. The Morgan fingerprint density at radius 2 is 2.00 bits per heavy atom. The van der Waals surface area contributed by atoms with Gasteiger partial charge in [-0.15, -0.1) is 11.3 Å². The Morgan fingerprint density at radius 1 is 1.26 bits per heavy atom. The molecule has 0 radical (unpaired) electrons. The molecule has 6 nitrogen and oxygen atoms in total. The average molecular weight is 351 g/mol. The molecule has 0 aromatic carbocycles. The average Bonchev–Trinajstić information content (AvgIpc) is 3.19. The molecule has 1 aliphatic heterocycles. The smallest absolute Gasteiger partial charge is 0.268 e. The third-order valence-electron chi connectivity index (χ3n) is 3.65. The van der Waals surface area contributed by atoms with Crippen molar-refractivity contribution in [3.8, 4) is 0 Å². The van der Waals surface area contributed by atoms with Crippen LogP contribution in [0.2, 0.25) is 0 Å². The number of nitrogens with zero attached hydrogens (tertiary/aromatic N) is 2. The van der Waals surface area contributed by atoms with Crippen LogP contribution in [-0.2, 0) is 10.0 Å². The summed E-state index contributed by atoms with van der Waals surface area (Å²) in [4.78, 5) is 16.9. The molecule has 2 aromatic heterocycles. The summed E-state index contributed by atoms with van der Waals surface area (Å²) >= 11 is 1.12. The summed E-state index contributed by atoms with van der Waals surface area (Å²) in [6.45, 7) is 2.85. The van der Waals surface area contributed by atoms with E-state index in [1.54, 1.807) is 17.5 Å². The van der Waals surface area contributed by atoms with E-state index in [0.717, 1.165) is 29.9 Å². The summed E-state index contributed by atoms with van der Waals surface area (Å²) in [5.74, 6) is -0.0382. The predicted octanol–water partition coefficient (Wildman–Crippen LogP) is 2.49. The number of hydrogen-bond donors (Lipinski definition) is 1. The highest BCUT2D eigenvalue weighted by Crippen LogP contribution is 2.28. The van der Waals surface area contributed by atoms with Crippen molar-refractivity contribution in [3.05, 3.63) is 40.2 Å². The van der Waals surface area contributed by atoms with Gasteiger partial charge in [-0.3, -0.25) is 4.79 Å². The number of anilines is 1. The zero-order valence-corrected chi connectivity index (χ0v) is 14.3. The highest BCUT2D eigenvalue weighted by Gasteiger charge is 2.31. The molecule has 1 saturated heterocycles. The largest absolute Gasteiger partial charge is 0.306 e. The second-order valence-corrected chi connectivity index (χ2v) is 8.17. The molecule has 0 spiro atoms. The molecular weight excluding hydrogens is 334 g/mol. The molecule has 3 rings (SSSR count). The van der Waals surface area contributed by atoms with Gasteiger partial charge >= 0.3 is 0 Å². The van der Waals surface area contributed by atoms with Crippen LogP contribution in [0, 0.1) is 6.92 Å². The van der Waals surface area contributed by atoms with E-state index in [0.29, 0.717) is 18.9 Å². The van der Waals surface area contributed by atoms with E-state index in [-0.39, 0.29) is 9.77 Å². The summed E-state index contributed by atoms with van der Waals surface area (Å²) in [5, 5.41) is 4.29. The van der Waals surface area contributed by atoms with Crippen LogP contribution in [-0.4, -0.2) is 36.7 Å². The first-order chi connectivity index (χ1) is 11.0. The summed E-state index contributed by atoms with van der Waals surface area (Å²) in [5.41, 5.74) is 0.777. The summed E-state index contributed by atoms with van der Waals surface area (Å²) in [6, 6.07) is 6.78. The highest BCUT2D eigenvalue weighted by molar-refractivity contribution is 7.89. The van der Waals surface area contributed by atoms with E-state index in [2.05, 4.69) is 10.3 Å². The molecule has 1 fully saturated rings. The van der Waals surface area contributed by atoms with Crippen molar-refractivity contribution in [2.75, 3.05) is 18.4 Å². The Labute approximate surface area is 139 Å². The molecular formula is C15H17N3O3S2. The molecule has 1 N–H and O–H groups in total. The van der Waals surface area contributed by atoms with Crippen LogP contribution in [0.3, 0.4) is 0 Å². The number of rotatable bonds is 4. The monoisotopic (exact) mass is 351 g/mol. The van der Waals surface area contributed by atoms with Crippen molar-refractivity contribution in [2.45, 2.75) is 24.7 Å². The zero-order valence-electron chi connectivity index (χ0n) is 12.7. The molecule has 1 amide bonds. The van der Waals surface area contributed by atoms with Gasteiger partial charge in [0.1, 0.15) is 15.6 Å². The van der Waals surface area contributed by atoms with Crippen LogP contribution in [0.4, 0.5) is 5.82 Å². The van der Waals surface area contributed by atoms with Crippen LogP contribution in [0.25, 0.3) is 0 Å². The van der Waals surface area contributed by atoms with E-state index < -0.39 is 15.9 Å². The van der Waals surface area contributed by atoms with E-state index in [1.807, 2.05) is 13.0 Å². The molecule has 0 unspecified atom stereocenters. The summed E-state index contributed by atoms with van der Waals surface area (Å²) in [7, 11) is -3.61. The van der Waals surface area contributed by atoms with Crippen LogP contribution in [0.15, 0.2) is 34.5 Å². The second-order valence-electron chi connectivity index (χ2n) is 5.34. The standard InChI is InChI=1S/C15H17N3O3S2/c1-11-5-4-6-13(16-11)17-15(19)14-12(7-10-22-14)23(20,21)18-8-2-3-9-18/h4-7,10H,2-3,8-9H2,1H3,(H,16,17,19). The predicted molar refractivity (Wildman–Crippen MR) is 89.2 cm³/mol. The molecule has 1 aliphatic rings. The maximum absolute atomic E-state index is 12.7. The van der Waals surface area contributed by atoms with Gasteiger partial charge in [-0.25, -0.2) is 13.4 Å². The Bertz CT molecular complexity index is 824. The van der Waals surface area contributed by atoms with E-state index in [1.165, 1.54) is 10.4 Å². The van der Waals surface area contributed by atoms with Gasteiger partial charge < -0.3 is 5.32 Å². The summed E-state index contributed by atoms with van der Waals surface area (Å²) in [6.07, 6.45) is 1.72. The first-order valence-electron chi connectivity index (χ1n) is 7.31. The number of carbonyl (C=O) groups is 1. The second kappa shape index (κ2) is 6.38. The molecule has 0 bridgehead atoms. The van der Waals surface area contributed by atoms with Gasteiger partial charge in [0.15, 0.2) is 0 Å². The number of aryl methyl sites for hydroxylation is 1. The number of nitrogens with one attached hydrogen (secondary N) is 1. The first kappa shape index (κ1) is 16.1. The van der Waals surface area contributed by atoms with Crippen molar-refractivity contribution in [1.29, 1.82) is 0 Å². The lowest BCUT2D eigenvalue weighted by Gasteiger charge is -2.15. The lowest BCUT2D eigenvalue weighted by molar-refractivity contribution is 0.102. The van der Waals surface area contributed by atoms with Gasteiger partial charge in [0.05, 0.1) is 0 Å². The van der Waals surface area contributed by atoms with Crippen molar-refractivity contribution in [1.82, 2.24) is 9.29 Å². The van der Waals surface area contributed by atoms with E-state index in [4.69, 9.17) is 0 Å². The normalized spacial score (nSPS) is 15.7. The molecule has 8 heteroatoms. The van der Waals surface area contributed by atoms with Crippen LogP contribution < -0.4 is 5.32 Å². The van der Waals surface area contributed by atoms with Gasteiger partial charge in [0.25, 0.3) is 5.91 Å². The first-order valence-corrected chi connectivity index (χ1v) is 9.63. The molecule has 2 aromatic rings. The Hall–Kier alpha value is -1.77. The number of pyridine rings is 1.